The fourth-order valence-corrected chi connectivity index (χ4v) is 9.07. The number of nitrogens with zero attached hydrogens (tertiary/aromatic N) is 2. The topological polar surface area (TPSA) is 104 Å². The second kappa shape index (κ2) is 11.2. The van der Waals surface area contributed by atoms with Crippen LogP contribution in [-0.2, 0) is 24.6 Å². The summed E-state index contributed by atoms with van der Waals surface area (Å²) < 4.78 is 5.83. The quantitative estimate of drug-likeness (QED) is 0.196. The first kappa shape index (κ1) is 30.1. The molecule has 8 nitrogen and oxygen atoms in total. The zero-order valence-corrected chi connectivity index (χ0v) is 26.7. The van der Waals surface area contributed by atoms with Crippen LogP contribution >= 0.6 is 11.6 Å². The molecule has 2 aliphatic carbocycles. The smallest absolute Gasteiger partial charge is 0.246 e. The maximum absolute atomic E-state index is 15.3. The number of carbonyl (C=O) groups is 4. The van der Waals surface area contributed by atoms with Gasteiger partial charge in [0, 0.05) is 16.5 Å². The van der Waals surface area contributed by atoms with Gasteiger partial charge in [-0.25, -0.2) is 4.90 Å². The highest BCUT2D eigenvalue weighted by atomic mass is 35.5. The highest BCUT2D eigenvalue weighted by Crippen LogP contribution is 2.66. The van der Waals surface area contributed by atoms with Gasteiger partial charge in [-0.2, -0.15) is 0 Å². The van der Waals surface area contributed by atoms with Gasteiger partial charge in [0.1, 0.15) is 11.5 Å². The lowest BCUT2D eigenvalue weighted by atomic mass is 9.49. The number of imide groups is 2. The van der Waals surface area contributed by atoms with E-state index >= 15 is 4.79 Å². The third-order valence-corrected chi connectivity index (χ3v) is 11.0. The zero-order chi connectivity index (χ0) is 33.3. The first-order valence-corrected chi connectivity index (χ1v) is 16.3. The van der Waals surface area contributed by atoms with E-state index in [9.17, 15) is 19.5 Å². The van der Waals surface area contributed by atoms with Crippen LogP contribution in [0.1, 0.15) is 29.9 Å². The molecule has 9 heteroatoms. The van der Waals surface area contributed by atoms with Gasteiger partial charge in [0.15, 0.2) is 0 Å². The van der Waals surface area contributed by atoms with Gasteiger partial charge in [0.05, 0.1) is 41.7 Å². The first-order chi connectivity index (χ1) is 23.3. The summed E-state index contributed by atoms with van der Waals surface area (Å²) in [6.45, 7) is 0. The SMILES string of the molecule is COc1cccc(O)c1C1C2=CCC3C(=O)N(c4ccccc4)C(=O)C3C2CC2C(=O)N(c3cccc(Cl)c3)C(=O)C21c1ccccc1. The van der Waals surface area contributed by atoms with E-state index in [1.165, 1.54) is 16.9 Å². The molecule has 4 amide bonds. The van der Waals surface area contributed by atoms with Gasteiger partial charge in [-0.1, -0.05) is 83.9 Å². The van der Waals surface area contributed by atoms with Gasteiger partial charge >= 0.3 is 0 Å². The van der Waals surface area contributed by atoms with E-state index in [1.807, 2.05) is 42.5 Å². The van der Waals surface area contributed by atoms with Gasteiger partial charge in [-0.3, -0.25) is 24.1 Å². The molecule has 6 atom stereocenters. The largest absolute Gasteiger partial charge is 0.508 e. The molecule has 3 fully saturated rings. The van der Waals surface area contributed by atoms with Crippen molar-refractivity contribution in [2.75, 3.05) is 16.9 Å². The van der Waals surface area contributed by atoms with Crippen LogP contribution in [0.25, 0.3) is 0 Å². The predicted molar refractivity (Wildman–Crippen MR) is 180 cm³/mol. The Balaban J connectivity index is 1.39. The second-order valence-electron chi connectivity index (χ2n) is 12.8. The van der Waals surface area contributed by atoms with E-state index < -0.39 is 46.8 Å². The monoisotopic (exact) mass is 658 g/mol. The highest BCUT2D eigenvalue weighted by molar-refractivity contribution is 6.32. The Bertz CT molecular complexity index is 2030. The minimum Gasteiger partial charge on any atom is -0.508 e. The molecule has 0 radical (unpaired) electrons. The van der Waals surface area contributed by atoms with Crippen molar-refractivity contribution in [2.45, 2.75) is 24.2 Å². The molecule has 0 spiro atoms. The van der Waals surface area contributed by atoms with Crippen LogP contribution in [0, 0.1) is 23.7 Å². The van der Waals surface area contributed by atoms with Crippen LogP contribution in [0.15, 0.2) is 115 Å². The molecule has 8 rings (SSSR count). The molecule has 0 bridgehead atoms. The van der Waals surface area contributed by atoms with Crippen molar-refractivity contribution in [3.8, 4) is 11.5 Å². The molecule has 0 aromatic heterocycles. The number of phenols is 1. The Labute approximate surface area is 282 Å². The van der Waals surface area contributed by atoms with E-state index in [2.05, 4.69) is 0 Å². The molecule has 4 aliphatic rings. The number of phenolic OH excluding ortho intramolecular Hbond substituents is 1. The molecule has 240 valence electrons. The Morgan fingerprint density at radius 2 is 1.46 bits per heavy atom. The number of amides is 4. The molecule has 2 heterocycles. The van der Waals surface area contributed by atoms with Crippen molar-refractivity contribution in [2.24, 2.45) is 23.7 Å². The number of fused-ring (bicyclic) bond motifs is 4. The summed E-state index contributed by atoms with van der Waals surface area (Å²) in [5, 5.41) is 12.0. The maximum Gasteiger partial charge on any atom is 0.246 e. The molecule has 1 saturated carbocycles. The first-order valence-electron chi connectivity index (χ1n) is 16.0. The zero-order valence-electron chi connectivity index (χ0n) is 26.0. The number of rotatable bonds is 5. The number of hydrogen-bond donors (Lipinski definition) is 1. The Morgan fingerprint density at radius 1 is 0.771 bits per heavy atom. The van der Waals surface area contributed by atoms with Crippen molar-refractivity contribution in [3.05, 3.63) is 131 Å². The van der Waals surface area contributed by atoms with Crippen molar-refractivity contribution in [3.63, 3.8) is 0 Å². The number of halogens is 1. The van der Waals surface area contributed by atoms with Crippen molar-refractivity contribution in [1.29, 1.82) is 0 Å². The lowest BCUT2D eigenvalue weighted by Crippen LogP contribution is -2.53. The van der Waals surface area contributed by atoms with Crippen molar-refractivity contribution >= 4 is 46.6 Å². The van der Waals surface area contributed by atoms with E-state index in [0.717, 1.165) is 5.57 Å². The van der Waals surface area contributed by atoms with Crippen molar-refractivity contribution in [1.82, 2.24) is 0 Å². The van der Waals surface area contributed by atoms with Crippen LogP contribution < -0.4 is 14.5 Å². The summed E-state index contributed by atoms with van der Waals surface area (Å²) in [7, 11) is 1.49. The van der Waals surface area contributed by atoms with E-state index in [4.69, 9.17) is 16.3 Å². The van der Waals surface area contributed by atoms with E-state index in [1.54, 1.807) is 66.7 Å². The lowest BCUT2D eigenvalue weighted by molar-refractivity contribution is -0.127. The average molecular weight is 659 g/mol. The highest BCUT2D eigenvalue weighted by Gasteiger charge is 2.71. The van der Waals surface area contributed by atoms with Crippen LogP contribution in [0.4, 0.5) is 11.4 Å². The fraction of sp³-hybridized carbons (Fsp3) is 0.231. The van der Waals surface area contributed by atoms with Gasteiger partial charge in [0.2, 0.25) is 23.6 Å². The molecular formula is C39H31ClN2O6. The second-order valence-corrected chi connectivity index (χ2v) is 13.3. The van der Waals surface area contributed by atoms with Gasteiger partial charge in [-0.05, 0) is 66.8 Å². The molecule has 4 aromatic rings. The number of hydrogen-bond acceptors (Lipinski definition) is 6. The lowest BCUT2D eigenvalue weighted by Gasteiger charge is -2.51. The Kier molecular flexibility index (Phi) is 7.03. The Morgan fingerprint density at radius 3 is 2.17 bits per heavy atom. The van der Waals surface area contributed by atoms with Crippen LogP contribution in [0.3, 0.4) is 0 Å². The molecule has 2 aliphatic heterocycles. The summed E-state index contributed by atoms with van der Waals surface area (Å²) >= 11 is 6.38. The number of aromatic hydroxyl groups is 1. The molecular weight excluding hydrogens is 628 g/mol. The van der Waals surface area contributed by atoms with Crippen LogP contribution in [0.2, 0.25) is 5.02 Å². The molecule has 6 unspecified atom stereocenters. The third kappa shape index (κ3) is 4.08. The molecule has 48 heavy (non-hydrogen) atoms. The van der Waals surface area contributed by atoms with Gasteiger partial charge in [-0.15, -0.1) is 0 Å². The van der Waals surface area contributed by atoms with E-state index in [-0.39, 0.29) is 30.4 Å². The molecule has 1 N–H and O–H groups in total. The normalized spacial score (nSPS) is 27.8. The van der Waals surface area contributed by atoms with Gasteiger partial charge < -0.3 is 9.84 Å². The number of allylic oxidation sites excluding steroid dienone is 2. The number of carbonyl (C=O) groups excluding carboxylic acids is 4. The predicted octanol–water partition coefficient (Wildman–Crippen LogP) is 6.42. The number of benzene rings is 4. The van der Waals surface area contributed by atoms with Crippen LogP contribution in [-0.4, -0.2) is 35.8 Å². The third-order valence-electron chi connectivity index (χ3n) is 10.7. The number of para-hydroxylation sites is 1. The summed E-state index contributed by atoms with van der Waals surface area (Å²) in [5.41, 5.74) is 1.01. The average Bonchev–Trinajstić information content (AvgIpc) is 3.49. The standard InChI is InChI=1S/C39H31ClN2O6/c1-48-31-17-9-16-30(43)33(31)34-26-18-19-27-32(37(46)41(35(27)44)24-13-6-3-7-14-24)28(26)21-29-36(45)42(25-15-8-12-23(40)20-25)38(47)39(29,34)22-10-4-2-5-11-22/h2-18,20,27-29,32,34,43H,19,21H2,1H3. The number of ether oxygens (including phenoxy) is 1. The minimum absolute atomic E-state index is 0.0988. The summed E-state index contributed by atoms with van der Waals surface area (Å²) in [5.74, 6) is -5.05. The van der Waals surface area contributed by atoms with Crippen LogP contribution in [0.5, 0.6) is 11.5 Å². The minimum atomic E-state index is -1.52. The van der Waals surface area contributed by atoms with Crippen molar-refractivity contribution < 1.29 is 29.0 Å². The Hall–Kier alpha value is -5.21. The summed E-state index contributed by atoms with van der Waals surface area (Å²) in [6, 6.07) is 29.6. The maximum atomic E-state index is 15.3. The van der Waals surface area contributed by atoms with E-state index in [0.29, 0.717) is 33.3 Å². The fourth-order valence-electron chi connectivity index (χ4n) is 8.89. The number of methoxy groups -OCH3 is 1. The summed E-state index contributed by atoms with van der Waals surface area (Å²) in [4.78, 5) is 60.9. The molecule has 2 saturated heterocycles. The van der Waals surface area contributed by atoms with Gasteiger partial charge in [0.25, 0.3) is 0 Å². The number of anilines is 2. The summed E-state index contributed by atoms with van der Waals surface area (Å²) in [6.07, 6.45) is 2.38. The molecule has 4 aromatic carbocycles.